The van der Waals surface area contributed by atoms with Crippen molar-refractivity contribution in [3.05, 3.63) is 118 Å². The van der Waals surface area contributed by atoms with E-state index in [1.54, 1.807) is 6.92 Å². The number of carbonyl (C=O) groups excluding carboxylic acids is 2. The Morgan fingerprint density at radius 1 is 0.930 bits per heavy atom. The molecule has 0 N–H and O–H groups in total. The lowest BCUT2D eigenvalue weighted by Crippen LogP contribution is -2.51. The third-order valence-corrected chi connectivity index (χ3v) is 7.89. The van der Waals surface area contributed by atoms with Crippen molar-refractivity contribution in [2.45, 2.75) is 32.1 Å². The number of likely N-dealkylation sites (N-methyl/N-ethyl adjacent to an activating group) is 1. The first-order chi connectivity index (χ1) is 20.6. The number of fused-ring (bicyclic) bond motifs is 1. The molecule has 9 heteroatoms. The molecule has 0 aromatic heterocycles. The maximum Gasteiger partial charge on any atom is 0.416 e. The molecule has 0 radical (unpaired) electrons. The van der Waals surface area contributed by atoms with Crippen LogP contribution in [0.2, 0.25) is 0 Å². The number of alkyl halides is 3. The van der Waals surface area contributed by atoms with Gasteiger partial charge in [-0.2, -0.15) is 13.2 Å². The van der Waals surface area contributed by atoms with Crippen molar-refractivity contribution in [2.75, 3.05) is 33.3 Å². The molecule has 2 unspecified atom stereocenters. The van der Waals surface area contributed by atoms with E-state index in [1.165, 1.54) is 18.2 Å². The first-order valence-corrected chi connectivity index (χ1v) is 14.2. The zero-order valence-electron chi connectivity index (χ0n) is 24.2. The summed E-state index contributed by atoms with van der Waals surface area (Å²) in [5.41, 5.74) is 1.85. The Kier molecular flexibility index (Phi) is 9.22. The molecule has 3 aromatic carbocycles. The Bertz CT molecular complexity index is 1520. The fraction of sp³-hybridized carbons (Fsp3) is 0.324. The average molecular weight is 590 g/mol. The molecule has 0 bridgehead atoms. The minimum absolute atomic E-state index is 0.000946. The number of ketones is 1. The summed E-state index contributed by atoms with van der Waals surface area (Å²) in [4.78, 5) is 35.9. The summed E-state index contributed by atoms with van der Waals surface area (Å²) in [7, 11) is 1.90. The molecule has 43 heavy (non-hydrogen) atoms. The number of aliphatic imine (C=N–C) groups is 1. The molecule has 2 heterocycles. The van der Waals surface area contributed by atoms with Crippen LogP contribution in [0.5, 0.6) is 0 Å². The highest BCUT2D eigenvalue weighted by Crippen LogP contribution is 2.45. The van der Waals surface area contributed by atoms with E-state index in [1.807, 2.05) is 77.5 Å². The van der Waals surface area contributed by atoms with Crippen molar-refractivity contribution in [3.8, 4) is 0 Å². The summed E-state index contributed by atoms with van der Waals surface area (Å²) in [5.74, 6) is -3.19. The van der Waals surface area contributed by atoms with E-state index >= 15 is 0 Å². The largest absolute Gasteiger partial charge is 0.461 e. The Morgan fingerprint density at radius 2 is 1.56 bits per heavy atom. The second-order valence-corrected chi connectivity index (χ2v) is 11.1. The van der Waals surface area contributed by atoms with Gasteiger partial charge in [0.15, 0.2) is 5.78 Å². The van der Waals surface area contributed by atoms with Crippen LogP contribution in [0.25, 0.3) is 0 Å². The number of hydrogen-bond donors (Lipinski definition) is 0. The third-order valence-electron chi connectivity index (χ3n) is 7.89. The summed E-state index contributed by atoms with van der Waals surface area (Å²) < 4.78 is 48.4. The van der Waals surface area contributed by atoms with Crippen LogP contribution in [0.1, 0.15) is 35.1 Å². The predicted molar refractivity (Wildman–Crippen MR) is 158 cm³/mol. The number of rotatable bonds is 9. The minimum Gasteiger partial charge on any atom is -0.461 e. The number of ether oxygens (including phenoxy) is 1. The van der Waals surface area contributed by atoms with Crippen LogP contribution in [0.15, 0.2) is 101 Å². The number of halogens is 3. The lowest BCUT2D eigenvalue weighted by atomic mass is 9.70. The standard InChI is InChI=1S/C34H34F3N3O3/c1-23-30(33(42)43-18-17-39(2)19-24-11-5-3-6-12-24)31(26-15-9-10-16-27(26)34(35,36)37)32-28(38-23)21-40(22-29(32)41)20-25-13-7-4-8-14-25/h3-16,31-32H,17-22H2,1-2H3. The van der Waals surface area contributed by atoms with Crippen LogP contribution >= 0.6 is 0 Å². The summed E-state index contributed by atoms with van der Waals surface area (Å²) in [6.45, 7) is 3.54. The van der Waals surface area contributed by atoms with E-state index in [0.717, 1.165) is 17.2 Å². The molecule has 1 fully saturated rings. The van der Waals surface area contributed by atoms with Gasteiger partial charge in [0.25, 0.3) is 0 Å². The van der Waals surface area contributed by atoms with Crippen LogP contribution in [0.4, 0.5) is 13.2 Å². The number of nitrogens with zero attached hydrogens (tertiary/aromatic N) is 3. The van der Waals surface area contributed by atoms with Crippen LogP contribution in [0, 0.1) is 5.92 Å². The second-order valence-electron chi connectivity index (χ2n) is 11.1. The number of likely N-dealkylation sites (tertiary alicyclic amines) is 1. The smallest absolute Gasteiger partial charge is 0.416 e. The van der Waals surface area contributed by atoms with Crippen molar-refractivity contribution in [2.24, 2.45) is 10.9 Å². The molecule has 1 saturated heterocycles. The summed E-state index contributed by atoms with van der Waals surface area (Å²) >= 11 is 0. The van der Waals surface area contributed by atoms with Gasteiger partial charge >= 0.3 is 12.1 Å². The third kappa shape index (κ3) is 7.12. The lowest BCUT2D eigenvalue weighted by Gasteiger charge is -2.40. The molecule has 224 valence electrons. The average Bonchev–Trinajstić information content (AvgIpc) is 2.97. The van der Waals surface area contributed by atoms with Gasteiger partial charge in [0, 0.05) is 43.5 Å². The normalized spacial score (nSPS) is 19.3. The highest BCUT2D eigenvalue weighted by molar-refractivity contribution is 6.13. The Hall–Kier alpha value is -4.08. The van der Waals surface area contributed by atoms with E-state index in [0.29, 0.717) is 31.9 Å². The number of carbonyl (C=O) groups is 2. The van der Waals surface area contributed by atoms with Gasteiger partial charge in [-0.25, -0.2) is 4.79 Å². The van der Waals surface area contributed by atoms with Gasteiger partial charge in [-0.1, -0.05) is 78.9 Å². The highest BCUT2D eigenvalue weighted by Gasteiger charge is 2.48. The van der Waals surface area contributed by atoms with Crippen LogP contribution < -0.4 is 0 Å². The topological polar surface area (TPSA) is 62.2 Å². The van der Waals surface area contributed by atoms with Gasteiger partial charge in [-0.15, -0.1) is 0 Å². The molecular weight excluding hydrogens is 555 g/mol. The molecule has 0 amide bonds. The van der Waals surface area contributed by atoms with Gasteiger partial charge < -0.3 is 4.74 Å². The van der Waals surface area contributed by atoms with Crippen LogP contribution in [-0.2, 0) is 33.6 Å². The quantitative estimate of drug-likeness (QED) is 0.291. The van der Waals surface area contributed by atoms with E-state index in [4.69, 9.17) is 4.74 Å². The number of allylic oxidation sites excluding steroid dienone is 1. The van der Waals surface area contributed by atoms with Crippen LogP contribution in [-0.4, -0.2) is 60.6 Å². The summed E-state index contributed by atoms with van der Waals surface area (Å²) in [5, 5.41) is 0. The zero-order chi connectivity index (χ0) is 30.6. The number of hydrogen-bond acceptors (Lipinski definition) is 6. The number of benzene rings is 3. The number of piperidine rings is 1. The maximum absolute atomic E-state index is 14.3. The number of esters is 1. The molecule has 0 saturated carbocycles. The Morgan fingerprint density at radius 3 is 2.23 bits per heavy atom. The van der Waals surface area contributed by atoms with Crippen LogP contribution in [0.3, 0.4) is 0 Å². The zero-order valence-corrected chi connectivity index (χ0v) is 24.2. The molecule has 2 atom stereocenters. The summed E-state index contributed by atoms with van der Waals surface area (Å²) in [6.07, 6.45) is -4.68. The van der Waals surface area contributed by atoms with Crippen molar-refractivity contribution < 1.29 is 27.5 Å². The maximum atomic E-state index is 14.3. The van der Waals surface area contributed by atoms with E-state index in [9.17, 15) is 22.8 Å². The molecule has 5 rings (SSSR count). The fourth-order valence-corrected chi connectivity index (χ4v) is 5.97. The number of Topliss-reactive ketones (excluding diaryl/α,β-unsaturated/α-hetero) is 1. The molecular formula is C34H34F3N3O3. The molecule has 0 spiro atoms. The van der Waals surface area contributed by atoms with Gasteiger partial charge in [-0.05, 0) is 36.7 Å². The van der Waals surface area contributed by atoms with E-state index in [2.05, 4.69) is 4.99 Å². The summed E-state index contributed by atoms with van der Waals surface area (Å²) in [6, 6.07) is 24.6. The molecule has 6 nitrogen and oxygen atoms in total. The van der Waals surface area contributed by atoms with Gasteiger partial charge in [0.05, 0.1) is 23.6 Å². The van der Waals surface area contributed by atoms with Gasteiger partial charge in [-0.3, -0.25) is 19.6 Å². The highest BCUT2D eigenvalue weighted by atomic mass is 19.4. The van der Waals surface area contributed by atoms with Gasteiger partial charge in [0.2, 0.25) is 0 Å². The lowest BCUT2D eigenvalue weighted by molar-refractivity contribution is -0.141. The molecule has 0 aliphatic carbocycles. The predicted octanol–water partition coefficient (Wildman–Crippen LogP) is 5.89. The first-order valence-electron chi connectivity index (χ1n) is 14.2. The Balaban J connectivity index is 1.43. The van der Waals surface area contributed by atoms with Crippen molar-refractivity contribution >= 4 is 17.5 Å². The second kappa shape index (κ2) is 13.1. The van der Waals surface area contributed by atoms with Gasteiger partial charge in [0.1, 0.15) is 6.61 Å². The molecule has 2 aliphatic heterocycles. The van der Waals surface area contributed by atoms with Crippen molar-refractivity contribution in [3.63, 3.8) is 0 Å². The van der Waals surface area contributed by atoms with E-state index in [-0.39, 0.29) is 35.8 Å². The molecule has 2 aliphatic rings. The van der Waals surface area contributed by atoms with Crippen molar-refractivity contribution in [1.29, 1.82) is 0 Å². The fourth-order valence-electron chi connectivity index (χ4n) is 5.97. The minimum atomic E-state index is -4.68. The van der Waals surface area contributed by atoms with E-state index < -0.39 is 29.5 Å². The molecule has 3 aromatic rings. The van der Waals surface area contributed by atoms with Crippen molar-refractivity contribution in [1.82, 2.24) is 9.80 Å². The first kappa shape index (κ1) is 30.4. The monoisotopic (exact) mass is 589 g/mol. The Labute approximate surface area is 249 Å². The SMILES string of the molecule is CC1=C(C(=O)OCCN(C)Cc2ccccc2)C(c2ccccc2C(F)(F)F)C2C(=O)CN(Cc3ccccc3)CC2=N1.